The molecule has 0 aromatic heterocycles. The lowest BCUT2D eigenvalue weighted by Gasteiger charge is -2.38. The second-order valence-corrected chi connectivity index (χ2v) is 5.76. The van der Waals surface area contributed by atoms with Crippen LogP contribution in [0.5, 0.6) is 0 Å². The van der Waals surface area contributed by atoms with Gasteiger partial charge in [0.15, 0.2) is 0 Å². The molecule has 1 amide bonds. The van der Waals surface area contributed by atoms with E-state index < -0.39 is 12.0 Å². The topological polar surface area (TPSA) is 66.4 Å². The SMILES string of the molecule is C[C@H](NC(=O)CC1CCCCC1(C)C)C(=O)O. The molecule has 1 aliphatic carbocycles. The summed E-state index contributed by atoms with van der Waals surface area (Å²) in [5.74, 6) is -0.752. The number of rotatable bonds is 4. The Morgan fingerprint density at radius 2 is 2.06 bits per heavy atom. The monoisotopic (exact) mass is 241 g/mol. The lowest BCUT2D eigenvalue weighted by atomic mass is 9.67. The average molecular weight is 241 g/mol. The van der Waals surface area contributed by atoms with Crippen molar-refractivity contribution < 1.29 is 14.7 Å². The lowest BCUT2D eigenvalue weighted by molar-refractivity contribution is -0.141. The molecule has 0 aliphatic heterocycles. The molecule has 4 nitrogen and oxygen atoms in total. The maximum atomic E-state index is 11.7. The summed E-state index contributed by atoms with van der Waals surface area (Å²) in [5, 5.41) is 11.3. The molecule has 98 valence electrons. The molecule has 1 rings (SSSR count). The van der Waals surface area contributed by atoms with Crippen molar-refractivity contribution in [3.8, 4) is 0 Å². The molecule has 2 atom stereocenters. The lowest BCUT2D eigenvalue weighted by Crippen LogP contribution is -2.41. The van der Waals surface area contributed by atoms with Crippen LogP contribution in [-0.4, -0.2) is 23.0 Å². The Balaban J connectivity index is 2.47. The normalized spacial score (nSPS) is 25.0. The second-order valence-electron chi connectivity index (χ2n) is 5.76. The van der Waals surface area contributed by atoms with E-state index in [0.29, 0.717) is 12.3 Å². The van der Waals surface area contributed by atoms with Crippen LogP contribution in [-0.2, 0) is 9.59 Å². The van der Waals surface area contributed by atoms with Crippen LogP contribution in [0.2, 0.25) is 0 Å². The van der Waals surface area contributed by atoms with E-state index in [2.05, 4.69) is 19.2 Å². The van der Waals surface area contributed by atoms with Gasteiger partial charge in [0, 0.05) is 6.42 Å². The molecule has 2 N–H and O–H groups in total. The molecule has 0 spiro atoms. The van der Waals surface area contributed by atoms with Crippen molar-refractivity contribution in [3.05, 3.63) is 0 Å². The van der Waals surface area contributed by atoms with E-state index in [1.165, 1.54) is 19.8 Å². The third-order valence-electron chi connectivity index (χ3n) is 3.91. The quantitative estimate of drug-likeness (QED) is 0.792. The Labute approximate surface area is 103 Å². The molecular weight excluding hydrogens is 218 g/mol. The van der Waals surface area contributed by atoms with E-state index in [1.807, 2.05) is 0 Å². The Kier molecular flexibility index (Phi) is 4.54. The summed E-state index contributed by atoms with van der Waals surface area (Å²) in [6.07, 6.45) is 5.08. The average Bonchev–Trinajstić information content (AvgIpc) is 2.20. The molecule has 1 unspecified atom stereocenters. The molecular formula is C13H23NO3. The number of nitrogens with one attached hydrogen (secondary N) is 1. The zero-order valence-corrected chi connectivity index (χ0v) is 11.0. The van der Waals surface area contributed by atoms with Gasteiger partial charge in [0.25, 0.3) is 0 Å². The predicted octanol–water partition coefficient (Wildman–Crippen LogP) is 2.18. The van der Waals surface area contributed by atoms with Crippen LogP contribution < -0.4 is 5.32 Å². The smallest absolute Gasteiger partial charge is 0.325 e. The molecule has 0 bridgehead atoms. The highest BCUT2D eigenvalue weighted by atomic mass is 16.4. The number of carboxylic acid groups (broad SMARTS) is 1. The molecule has 1 saturated carbocycles. The Hall–Kier alpha value is -1.06. The minimum atomic E-state index is -0.985. The van der Waals surface area contributed by atoms with E-state index in [1.54, 1.807) is 0 Å². The van der Waals surface area contributed by atoms with Crippen molar-refractivity contribution in [2.24, 2.45) is 11.3 Å². The van der Waals surface area contributed by atoms with Crippen molar-refractivity contribution in [3.63, 3.8) is 0 Å². The first-order chi connectivity index (χ1) is 7.83. The number of carbonyl (C=O) groups excluding carboxylic acids is 1. The molecule has 0 radical (unpaired) electrons. The molecule has 0 saturated heterocycles. The number of hydrogen-bond acceptors (Lipinski definition) is 2. The minimum absolute atomic E-state index is 0.139. The number of carboxylic acids is 1. The third kappa shape index (κ3) is 4.02. The van der Waals surface area contributed by atoms with Crippen LogP contribution in [0.15, 0.2) is 0 Å². The summed E-state index contributed by atoms with van der Waals surface area (Å²) in [4.78, 5) is 22.4. The first-order valence-corrected chi connectivity index (χ1v) is 6.35. The number of carbonyl (C=O) groups is 2. The van der Waals surface area contributed by atoms with Gasteiger partial charge in [-0.2, -0.15) is 0 Å². The zero-order chi connectivity index (χ0) is 13.1. The molecule has 1 aliphatic rings. The van der Waals surface area contributed by atoms with Gasteiger partial charge in [0.05, 0.1) is 0 Å². The van der Waals surface area contributed by atoms with Gasteiger partial charge in [-0.1, -0.05) is 26.7 Å². The van der Waals surface area contributed by atoms with Gasteiger partial charge in [-0.25, -0.2) is 0 Å². The third-order valence-corrected chi connectivity index (χ3v) is 3.91. The summed E-state index contributed by atoms with van der Waals surface area (Å²) in [7, 11) is 0. The van der Waals surface area contributed by atoms with Crippen molar-refractivity contribution in [2.75, 3.05) is 0 Å². The maximum absolute atomic E-state index is 11.7. The van der Waals surface area contributed by atoms with Crippen LogP contribution in [0.1, 0.15) is 52.9 Å². The predicted molar refractivity (Wildman–Crippen MR) is 65.6 cm³/mol. The van der Waals surface area contributed by atoms with Crippen molar-refractivity contribution in [1.82, 2.24) is 5.32 Å². The fraction of sp³-hybridized carbons (Fsp3) is 0.846. The van der Waals surface area contributed by atoms with E-state index in [4.69, 9.17) is 5.11 Å². The number of hydrogen-bond donors (Lipinski definition) is 2. The highest BCUT2D eigenvalue weighted by Gasteiger charge is 2.33. The van der Waals surface area contributed by atoms with Crippen molar-refractivity contribution in [1.29, 1.82) is 0 Å². The van der Waals surface area contributed by atoms with Gasteiger partial charge in [-0.3, -0.25) is 9.59 Å². The van der Waals surface area contributed by atoms with Crippen molar-refractivity contribution >= 4 is 11.9 Å². The van der Waals surface area contributed by atoms with E-state index in [9.17, 15) is 9.59 Å². The summed E-state index contributed by atoms with van der Waals surface area (Å²) in [5.41, 5.74) is 0.196. The zero-order valence-electron chi connectivity index (χ0n) is 11.0. The number of amides is 1. The summed E-state index contributed by atoms with van der Waals surface area (Å²) in [6.45, 7) is 5.89. The van der Waals surface area contributed by atoms with E-state index in [0.717, 1.165) is 12.8 Å². The second kappa shape index (κ2) is 5.52. The van der Waals surface area contributed by atoms with Crippen molar-refractivity contribution in [2.45, 2.75) is 58.9 Å². The van der Waals surface area contributed by atoms with Crippen LogP contribution in [0, 0.1) is 11.3 Å². The van der Waals surface area contributed by atoms with Gasteiger partial charge in [-0.05, 0) is 31.1 Å². The first kappa shape index (κ1) is 14.0. The Morgan fingerprint density at radius 1 is 1.41 bits per heavy atom. The molecule has 1 fully saturated rings. The minimum Gasteiger partial charge on any atom is -0.480 e. The standard InChI is InChI=1S/C13H23NO3/c1-9(12(16)17)14-11(15)8-10-6-4-5-7-13(10,2)3/h9-10H,4-8H2,1-3H3,(H,14,15)(H,16,17)/t9-,10?/m0/s1. The highest BCUT2D eigenvalue weighted by Crippen LogP contribution is 2.42. The molecule has 0 aromatic rings. The van der Waals surface area contributed by atoms with Crippen LogP contribution in [0.25, 0.3) is 0 Å². The molecule has 17 heavy (non-hydrogen) atoms. The molecule has 0 aromatic carbocycles. The van der Waals surface area contributed by atoms with Crippen LogP contribution in [0.4, 0.5) is 0 Å². The van der Waals surface area contributed by atoms with Gasteiger partial charge in [0.1, 0.15) is 6.04 Å². The fourth-order valence-corrected chi connectivity index (χ4v) is 2.53. The van der Waals surface area contributed by atoms with Crippen LogP contribution >= 0.6 is 0 Å². The Morgan fingerprint density at radius 3 is 2.59 bits per heavy atom. The van der Waals surface area contributed by atoms with Gasteiger partial charge in [0.2, 0.25) is 5.91 Å². The largest absolute Gasteiger partial charge is 0.480 e. The summed E-state index contributed by atoms with van der Waals surface area (Å²) in [6, 6.07) is -0.797. The fourth-order valence-electron chi connectivity index (χ4n) is 2.53. The summed E-state index contributed by atoms with van der Waals surface area (Å²) < 4.78 is 0. The number of aliphatic carboxylic acids is 1. The van der Waals surface area contributed by atoms with E-state index >= 15 is 0 Å². The van der Waals surface area contributed by atoms with Gasteiger partial charge in [-0.15, -0.1) is 0 Å². The molecule has 4 heteroatoms. The Bertz CT molecular complexity index is 299. The first-order valence-electron chi connectivity index (χ1n) is 6.35. The molecule has 0 heterocycles. The van der Waals surface area contributed by atoms with Crippen LogP contribution in [0.3, 0.4) is 0 Å². The van der Waals surface area contributed by atoms with E-state index in [-0.39, 0.29) is 11.3 Å². The maximum Gasteiger partial charge on any atom is 0.325 e. The highest BCUT2D eigenvalue weighted by molar-refractivity contribution is 5.83. The van der Waals surface area contributed by atoms with Gasteiger partial charge >= 0.3 is 5.97 Å². The van der Waals surface area contributed by atoms with Gasteiger partial charge < -0.3 is 10.4 Å². The summed E-state index contributed by atoms with van der Waals surface area (Å²) >= 11 is 0.